The standard InChI is InChI=1S/C51H57N5O6Si/c1-36-47(63(3,4)42-23-21-41(61-2)22-24-42)45(33-46(58)53(30-31-57)34-37-14-8-5-9-15-37)62-51(36)43-32-40(20-25-44(43)56(49(51)60)39-18-12-7-13-19-39)54-35-55(38-16-10-6-11-17-38)50(48(54)59)26-28-52-29-27-50/h5-25,32,36,45,47,52,57H,26-31,33-35H2,1-4H3/t36-,45+,47-,51+/m1/s1. The molecule has 63 heavy (non-hydrogen) atoms. The maximum absolute atomic E-state index is 15.8. The molecule has 326 valence electrons. The van der Waals surface area contributed by atoms with Crippen LogP contribution in [-0.2, 0) is 31.3 Å². The molecule has 3 fully saturated rings. The fraction of sp³-hybridized carbons (Fsp3) is 0.353. The van der Waals surface area contributed by atoms with Crippen molar-refractivity contribution in [2.45, 2.75) is 68.6 Å². The molecule has 0 bridgehead atoms. The second kappa shape index (κ2) is 17.1. The molecule has 4 heterocycles. The Morgan fingerprint density at radius 3 is 2.11 bits per heavy atom. The first-order chi connectivity index (χ1) is 30.5. The maximum atomic E-state index is 15.8. The predicted molar refractivity (Wildman–Crippen MR) is 249 cm³/mol. The molecule has 5 aromatic rings. The van der Waals surface area contributed by atoms with E-state index in [4.69, 9.17) is 9.47 Å². The number of ether oxygens (including phenoxy) is 2. The minimum atomic E-state index is -2.62. The van der Waals surface area contributed by atoms with Gasteiger partial charge in [0.05, 0.1) is 46.7 Å². The number of aliphatic hydroxyl groups excluding tert-OH is 1. The number of fused-ring (bicyclic) bond motifs is 2. The van der Waals surface area contributed by atoms with E-state index in [1.54, 1.807) is 16.9 Å². The highest BCUT2D eigenvalue weighted by Gasteiger charge is 2.67. The third kappa shape index (κ3) is 7.22. The number of nitrogens with one attached hydrogen (secondary N) is 1. The lowest BCUT2D eigenvalue weighted by atomic mass is 9.82. The Kier molecular flexibility index (Phi) is 11.5. The van der Waals surface area contributed by atoms with E-state index in [2.05, 4.69) is 54.5 Å². The topological polar surface area (TPSA) is 115 Å². The number of methoxy groups -OCH3 is 1. The first-order valence-electron chi connectivity index (χ1n) is 22.2. The van der Waals surface area contributed by atoms with Crippen LogP contribution >= 0.6 is 0 Å². The minimum absolute atomic E-state index is 0.0248. The van der Waals surface area contributed by atoms with Gasteiger partial charge in [-0.1, -0.05) is 104 Å². The molecular weight excluding hydrogens is 807 g/mol. The van der Waals surface area contributed by atoms with Crippen LogP contribution in [0.4, 0.5) is 22.7 Å². The highest BCUT2D eigenvalue weighted by Crippen LogP contribution is 2.61. The van der Waals surface area contributed by atoms with Crippen molar-refractivity contribution in [2.24, 2.45) is 5.92 Å². The summed E-state index contributed by atoms with van der Waals surface area (Å²) >= 11 is 0. The van der Waals surface area contributed by atoms with Gasteiger partial charge < -0.3 is 29.7 Å². The summed E-state index contributed by atoms with van der Waals surface area (Å²) < 4.78 is 13.0. The number of rotatable bonds is 12. The molecule has 12 heteroatoms. The summed E-state index contributed by atoms with van der Waals surface area (Å²) in [4.78, 5) is 53.0. The summed E-state index contributed by atoms with van der Waals surface area (Å²) in [6.07, 6.45) is 0.722. The lowest BCUT2D eigenvalue weighted by Gasteiger charge is -2.39. The van der Waals surface area contributed by atoms with Crippen molar-refractivity contribution in [3.05, 3.63) is 145 Å². The van der Waals surface area contributed by atoms with Gasteiger partial charge in [0.15, 0.2) is 5.60 Å². The average molecular weight is 864 g/mol. The molecule has 3 saturated heterocycles. The molecule has 0 radical (unpaired) electrons. The van der Waals surface area contributed by atoms with Crippen LogP contribution in [0.1, 0.15) is 37.3 Å². The summed E-state index contributed by atoms with van der Waals surface area (Å²) in [6, 6.07) is 43.7. The van der Waals surface area contributed by atoms with Gasteiger partial charge in [-0.2, -0.15) is 0 Å². The van der Waals surface area contributed by atoms with E-state index in [0.29, 0.717) is 48.7 Å². The number of nitrogens with zero attached hydrogens (tertiary/aromatic N) is 4. The van der Waals surface area contributed by atoms with Crippen molar-refractivity contribution in [1.82, 2.24) is 10.2 Å². The highest BCUT2D eigenvalue weighted by atomic mass is 28.3. The summed E-state index contributed by atoms with van der Waals surface area (Å²) in [5.41, 5.74) is 2.36. The molecule has 5 aromatic carbocycles. The summed E-state index contributed by atoms with van der Waals surface area (Å²) in [6.45, 7) is 8.87. The van der Waals surface area contributed by atoms with Crippen LogP contribution in [0.25, 0.3) is 0 Å². The normalized spacial score (nSPS) is 22.9. The molecule has 4 aliphatic heterocycles. The van der Waals surface area contributed by atoms with Crippen LogP contribution in [-0.4, -0.2) is 87.5 Å². The van der Waals surface area contributed by atoms with Crippen molar-refractivity contribution in [3.63, 3.8) is 0 Å². The molecule has 9 rings (SSSR count). The Labute approximate surface area is 371 Å². The molecular formula is C51H57N5O6Si. The smallest absolute Gasteiger partial charge is 0.268 e. The second-order valence-electron chi connectivity index (χ2n) is 18.0. The lowest BCUT2D eigenvalue weighted by Crippen LogP contribution is -2.55. The molecule has 0 aromatic heterocycles. The SMILES string of the molecule is COc1ccc([Si](C)(C)[C@H]2[C@H](CC(=O)N(CCO)Cc3ccccc3)O[C@@]3(C(=O)N(c4ccccc4)c4ccc(N5CN(c6ccccc6)C6(CCNCC6)C5=O)cc43)[C@@H]2C)cc1. The van der Waals surface area contributed by atoms with Crippen molar-refractivity contribution >= 4 is 53.7 Å². The van der Waals surface area contributed by atoms with Gasteiger partial charge in [0.25, 0.3) is 11.8 Å². The number of piperidine rings is 1. The predicted octanol–water partition coefficient (Wildman–Crippen LogP) is 6.93. The summed E-state index contributed by atoms with van der Waals surface area (Å²) in [7, 11) is -0.967. The Bertz CT molecular complexity index is 2450. The second-order valence-corrected chi connectivity index (χ2v) is 22.7. The van der Waals surface area contributed by atoms with Crippen LogP contribution in [0.3, 0.4) is 0 Å². The third-order valence-corrected chi connectivity index (χ3v) is 18.7. The molecule has 2 N–H and O–H groups in total. The van der Waals surface area contributed by atoms with Crippen LogP contribution in [0.2, 0.25) is 18.6 Å². The third-order valence-electron chi connectivity index (χ3n) is 14.3. The first-order valence-corrected chi connectivity index (χ1v) is 25.3. The van der Waals surface area contributed by atoms with Crippen molar-refractivity contribution < 1.29 is 29.0 Å². The van der Waals surface area contributed by atoms with Crippen molar-refractivity contribution in [2.75, 3.05) is 54.7 Å². The van der Waals surface area contributed by atoms with Crippen LogP contribution in [0.15, 0.2) is 133 Å². The number of amides is 3. The van der Waals surface area contributed by atoms with E-state index < -0.39 is 25.3 Å². The Hall–Kier alpha value is -5.79. The zero-order valence-corrected chi connectivity index (χ0v) is 37.6. The van der Waals surface area contributed by atoms with Crippen LogP contribution < -0.4 is 29.9 Å². The number of carbonyl (C=O) groups is 3. The van der Waals surface area contributed by atoms with Gasteiger partial charge in [0.1, 0.15) is 11.3 Å². The zero-order chi connectivity index (χ0) is 43.9. The van der Waals surface area contributed by atoms with Crippen LogP contribution in [0.5, 0.6) is 5.75 Å². The van der Waals surface area contributed by atoms with Crippen molar-refractivity contribution in [3.8, 4) is 5.75 Å². The fourth-order valence-electron chi connectivity index (χ4n) is 11.1. The van der Waals surface area contributed by atoms with E-state index >= 15 is 4.79 Å². The van der Waals surface area contributed by atoms with Gasteiger partial charge in [0.2, 0.25) is 5.91 Å². The summed E-state index contributed by atoms with van der Waals surface area (Å²) in [5, 5.41) is 14.8. The number of benzene rings is 5. The van der Waals surface area contributed by atoms with E-state index in [1.165, 1.54) is 0 Å². The molecule has 0 aliphatic carbocycles. The van der Waals surface area contributed by atoms with Crippen LogP contribution in [0, 0.1) is 5.92 Å². The minimum Gasteiger partial charge on any atom is -0.497 e. The zero-order valence-electron chi connectivity index (χ0n) is 36.6. The molecule has 2 spiro atoms. The van der Waals surface area contributed by atoms with Gasteiger partial charge >= 0.3 is 0 Å². The Morgan fingerprint density at radius 1 is 0.841 bits per heavy atom. The monoisotopic (exact) mass is 863 g/mol. The fourth-order valence-corrected chi connectivity index (χ4v) is 15.1. The maximum Gasteiger partial charge on any atom is 0.268 e. The lowest BCUT2D eigenvalue weighted by molar-refractivity contribution is -0.149. The van der Waals surface area contributed by atoms with Gasteiger partial charge in [-0.05, 0) is 91.6 Å². The molecule has 3 amide bonds. The average Bonchev–Trinajstić information content (AvgIpc) is 3.86. The molecule has 4 atom stereocenters. The van der Waals surface area contributed by atoms with Gasteiger partial charge in [-0.25, -0.2) is 0 Å². The van der Waals surface area contributed by atoms with E-state index in [-0.39, 0.29) is 48.8 Å². The van der Waals surface area contributed by atoms with Crippen molar-refractivity contribution in [1.29, 1.82) is 0 Å². The van der Waals surface area contributed by atoms with Gasteiger partial charge in [0, 0.05) is 41.6 Å². The molecule has 4 aliphatic rings. The number of anilines is 4. The van der Waals surface area contributed by atoms with Gasteiger partial charge in [-0.15, -0.1) is 0 Å². The number of aliphatic hydroxyl groups is 1. The Balaban J connectivity index is 1.17. The quantitative estimate of drug-likeness (QED) is 0.130. The largest absolute Gasteiger partial charge is 0.497 e. The Morgan fingerprint density at radius 2 is 1.48 bits per heavy atom. The number of hydrogen-bond donors (Lipinski definition) is 2. The number of para-hydroxylation sites is 2. The first kappa shape index (κ1) is 42.5. The number of carbonyl (C=O) groups excluding carboxylic acids is 3. The summed E-state index contributed by atoms with van der Waals surface area (Å²) in [5.74, 6) is 0.0473. The molecule has 0 unspecified atom stereocenters. The molecule has 11 nitrogen and oxygen atoms in total. The number of hydrogen-bond acceptors (Lipinski definition) is 8. The van der Waals surface area contributed by atoms with E-state index in [0.717, 1.165) is 35.3 Å². The highest BCUT2D eigenvalue weighted by molar-refractivity contribution is 6.91. The van der Waals surface area contributed by atoms with E-state index in [1.807, 2.05) is 114 Å². The van der Waals surface area contributed by atoms with Gasteiger partial charge in [-0.3, -0.25) is 24.2 Å². The molecule has 0 saturated carbocycles. The van der Waals surface area contributed by atoms with E-state index in [9.17, 15) is 14.7 Å².